The summed E-state index contributed by atoms with van der Waals surface area (Å²) >= 11 is 1.13. The number of H-pyrrole nitrogens is 1. The van der Waals surface area contributed by atoms with Crippen LogP contribution in [0, 0.1) is 6.92 Å². The summed E-state index contributed by atoms with van der Waals surface area (Å²) in [5.41, 5.74) is 9.42. The Morgan fingerprint density at radius 2 is 1.87 bits per heavy atom. The number of aromatic hydroxyl groups is 1. The molecule has 3 aromatic rings. The first kappa shape index (κ1) is 23.0. The topological polar surface area (TPSA) is 111 Å². The van der Waals surface area contributed by atoms with Crippen molar-refractivity contribution in [3.05, 3.63) is 62.8 Å². The molecule has 8 heteroatoms. The summed E-state index contributed by atoms with van der Waals surface area (Å²) in [5.74, 6) is -0.182. The number of nitrogens with zero attached hydrogens (tertiary/aromatic N) is 1. The van der Waals surface area contributed by atoms with E-state index in [2.05, 4.69) is 46.4 Å². The van der Waals surface area contributed by atoms with Crippen molar-refractivity contribution in [2.75, 3.05) is 32.7 Å². The number of nitrogens with one attached hydrogen (secondary N) is 2. The first-order valence-corrected chi connectivity index (χ1v) is 11.3. The van der Waals surface area contributed by atoms with Gasteiger partial charge in [0.1, 0.15) is 11.3 Å². The number of carbonyl (C=O) groups is 1. The number of aromatic amines is 1. The second-order valence-corrected chi connectivity index (χ2v) is 8.74. The van der Waals surface area contributed by atoms with Crippen LogP contribution >= 0.6 is 11.3 Å². The third-order valence-corrected chi connectivity index (χ3v) is 6.28. The largest absolute Gasteiger partial charge is 0.506 e. The normalized spacial score (nSPS) is 11.4. The van der Waals surface area contributed by atoms with Gasteiger partial charge in [0.05, 0.1) is 4.70 Å². The Balaban J connectivity index is 1.47. The molecule has 31 heavy (non-hydrogen) atoms. The van der Waals surface area contributed by atoms with Crippen molar-refractivity contribution in [3.63, 3.8) is 0 Å². The summed E-state index contributed by atoms with van der Waals surface area (Å²) in [5, 5.41) is 13.3. The summed E-state index contributed by atoms with van der Waals surface area (Å²) in [6.45, 7) is 5.97. The van der Waals surface area contributed by atoms with Crippen LogP contribution in [0.2, 0.25) is 0 Å². The first-order chi connectivity index (χ1) is 14.9. The molecule has 0 saturated heterocycles. The number of benzene rings is 2. The number of aromatic nitrogens is 1. The average molecular weight is 443 g/mol. The molecule has 1 heterocycles. The van der Waals surface area contributed by atoms with Gasteiger partial charge in [0.15, 0.2) is 0 Å². The molecule has 0 bridgehead atoms. The summed E-state index contributed by atoms with van der Waals surface area (Å²) in [7, 11) is 0. The molecule has 0 spiro atoms. The van der Waals surface area contributed by atoms with Crippen LogP contribution in [-0.4, -0.2) is 53.6 Å². The number of carbonyl (C=O) groups excluding carboxylic acids is 1. The van der Waals surface area contributed by atoms with Gasteiger partial charge in [-0.15, -0.1) is 0 Å². The highest BCUT2D eigenvalue weighted by Gasteiger charge is 2.10. The molecule has 0 aliphatic carbocycles. The lowest BCUT2D eigenvalue weighted by molar-refractivity contribution is -0.118. The molecule has 0 radical (unpaired) electrons. The van der Waals surface area contributed by atoms with Gasteiger partial charge in [0, 0.05) is 32.6 Å². The molecular formula is C23H30N4O3S. The maximum absolute atomic E-state index is 11.6. The van der Waals surface area contributed by atoms with Gasteiger partial charge >= 0.3 is 4.87 Å². The van der Waals surface area contributed by atoms with Crippen molar-refractivity contribution in [1.29, 1.82) is 0 Å². The highest BCUT2D eigenvalue weighted by Crippen LogP contribution is 2.27. The Kier molecular flexibility index (Phi) is 8.22. The van der Waals surface area contributed by atoms with Crippen LogP contribution in [0.1, 0.15) is 23.1 Å². The monoisotopic (exact) mass is 442 g/mol. The molecule has 3 rings (SSSR count). The van der Waals surface area contributed by atoms with Gasteiger partial charge in [-0.2, -0.15) is 0 Å². The maximum atomic E-state index is 11.6. The van der Waals surface area contributed by atoms with E-state index in [0.29, 0.717) is 18.5 Å². The van der Waals surface area contributed by atoms with Gasteiger partial charge in [0.25, 0.3) is 0 Å². The first-order valence-electron chi connectivity index (χ1n) is 10.5. The molecule has 0 unspecified atom stereocenters. The van der Waals surface area contributed by atoms with E-state index in [-0.39, 0.29) is 16.5 Å². The Morgan fingerprint density at radius 1 is 1.10 bits per heavy atom. The molecule has 2 aromatic carbocycles. The highest BCUT2D eigenvalue weighted by molar-refractivity contribution is 7.16. The van der Waals surface area contributed by atoms with Crippen LogP contribution in [0.4, 0.5) is 0 Å². The van der Waals surface area contributed by atoms with Crippen LogP contribution in [-0.2, 0) is 17.6 Å². The molecule has 0 aliphatic rings. The molecule has 0 saturated carbocycles. The summed E-state index contributed by atoms with van der Waals surface area (Å²) in [6.07, 6.45) is 2.04. The minimum Gasteiger partial charge on any atom is -0.506 e. The minimum atomic E-state index is -0.282. The number of rotatable bonds is 12. The maximum Gasteiger partial charge on any atom is 0.305 e. The van der Waals surface area contributed by atoms with Gasteiger partial charge in [-0.25, -0.2) is 0 Å². The summed E-state index contributed by atoms with van der Waals surface area (Å²) < 4.78 is 0.813. The second kappa shape index (κ2) is 11.1. The van der Waals surface area contributed by atoms with E-state index in [1.807, 2.05) is 6.07 Å². The fraction of sp³-hybridized carbons (Fsp3) is 0.391. The van der Waals surface area contributed by atoms with Gasteiger partial charge < -0.3 is 26.0 Å². The number of aryl methyl sites for hydroxylation is 1. The molecule has 0 atom stereocenters. The van der Waals surface area contributed by atoms with Crippen molar-refractivity contribution >= 4 is 27.5 Å². The number of hydrogen-bond acceptors (Lipinski definition) is 6. The SMILES string of the molecule is Cc1ccc(CCN(CCNCCc2ccc(O)c3[nH]c(=O)sc23)CCC(N)=O)cc1. The Labute approximate surface area is 185 Å². The summed E-state index contributed by atoms with van der Waals surface area (Å²) in [6, 6.07) is 12.0. The number of amides is 1. The van der Waals surface area contributed by atoms with Crippen molar-refractivity contribution in [3.8, 4) is 5.75 Å². The standard InChI is InChI=1S/C23H30N4O3S/c1-16-2-4-17(5-3-16)9-13-27(14-10-20(24)29)15-12-25-11-8-18-6-7-19(28)21-22(18)31-23(30)26-21/h2-7,25,28H,8-15H2,1H3,(H2,24,29)(H,26,30). The van der Waals surface area contributed by atoms with E-state index >= 15 is 0 Å². The number of primary amides is 1. The molecular weight excluding hydrogens is 412 g/mol. The van der Waals surface area contributed by atoms with E-state index in [1.54, 1.807) is 6.07 Å². The molecule has 1 aromatic heterocycles. The van der Waals surface area contributed by atoms with Crippen molar-refractivity contribution < 1.29 is 9.90 Å². The zero-order chi connectivity index (χ0) is 22.2. The lowest BCUT2D eigenvalue weighted by Gasteiger charge is -2.22. The van der Waals surface area contributed by atoms with Crippen molar-refractivity contribution in [1.82, 2.24) is 15.2 Å². The third-order valence-electron chi connectivity index (χ3n) is 5.33. The van der Waals surface area contributed by atoms with E-state index < -0.39 is 0 Å². The molecule has 0 fully saturated rings. The summed E-state index contributed by atoms with van der Waals surface area (Å²) in [4.78, 5) is 27.6. The van der Waals surface area contributed by atoms with Crippen LogP contribution < -0.4 is 15.9 Å². The lowest BCUT2D eigenvalue weighted by atomic mass is 10.1. The van der Waals surface area contributed by atoms with Crippen LogP contribution in [0.3, 0.4) is 0 Å². The second-order valence-electron chi connectivity index (χ2n) is 7.76. The zero-order valence-electron chi connectivity index (χ0n) is 17.8. The van der Waals surface area contributed by atoms with Crippen molar-refractivity contribution in [2.45, 2.75) is 26.2 Å². The fourth-order valence-electron chi connectivity index (χ4n) is 3.50. The number of phenolic OH excluding ortho intramolecular Hbond substituents is 1. The molecule has 0 aliphatic heterocycles. The van der Waals surface area contributed by atoms with E-state index in [9.17, 15) is 14.7 Å². The van der Waals surface area contributed by atoms with Gasteiger partial charge in [0.2, 0.25) is 5.91 Å². The number of nitrogens with two attached hydrogens (primary N) is 1. The van der Waals surface area contributed by atoms with Crippen LogP contribution in [0.25, 0.3) is 10.2 Å². The highest BCUT2D eigenvalue weighted by atomic mass is 32.1. The van der Waals surface area contributed by atoms with Gasteiger partial charge in [-0.05, 0) is 43.5 Å². The minimum absolute atomic E-state index is 0.101. The average Bonchev–Trinajstić information content (AvgIpc) is 3.14. The zero-order valence-corrected chi connectivity index (χ0v) is 18.6. The fourth-order valence-corrected chi connectivity index (χ4v) is 4.40. The Morgan fingerprint density at radius 3 is 2.61 bits per heavy atom. The lowest BCUT2D eigenvalue weighted by Crippen LogP contribution is -2.36. The number of hydrogen-bond donors (Lipinski definition) is 4. The quantitative estimate of drug-likeness (QED) is 0.321. The number of thiazole rings is 1. The molecule has 166 valence electrons. The third kappa shape index (κ3) is 6.92. The van der Waals surface area contributed by atoms with E-state index in [1.165, 1.54) is 11.1 Å². The van der Waals surface area contributed by atoms with Gasteiger partial charge in [-0.1, -0.05) is 47.2 Å². The Bertz CT molecular complexity index is 1060. The van der Waals surface area contributed by atoms with Crippen LogP contribution in [0.15, 0.2) is 41.2 Å². The molecule has 1 amide bonds. The smallest absolute Gasteiger partial charge is 0.305 e. The molecule has 7 nitrogen and oxygen atoms in total. The molecule has 5 N–H and O–H groups in total. The van der Waals surface area contributed by atoms with Crippen LogP contribution in [0.5, 0.6) is 5.75 Å². The van der Waals surface area contributed by atoms with Crippen molar-refractivity contribution in [2.24, 2.45) is 5.73 Å². The predicted molar refractivity (Wildman–Crippen MR) is 126 cm³/mol. The van der Waals surface area contributed by atoms with E-state index in [0.717, 1.165) is 60.6 Å². The predicted octanol–water partition coefficient (Wildman–Crippen LogP) is 2.16. The van der Waals surface area contributed by atoms with E-state index in [4.69, 9.17) is 5.73 Å². The number of fused-ring (bicyclic) bond motifs is 1. The Hall–Kier alpha value is -2.68. The van der Waals surface area contributed by atoms with Gasteiger partial charge in [-0.3, -0.25) is 9.59 Å². The number of phenols is 1.